The largest absolute Gasteiger partial charge is 0.481 e. The molecule has 0 radical (unpaired) electrons. The van der Waals surface area contributed by atoms with E-state index in [1.165, 1.54) is 0 Å². The highest BCUT2D eigenvalue weighted by molar-refractivity contribution is 5.75. The maximum atomic E-state index is 10.8. The molecule has 0 aliphatic heterocycles. The third-order valence-electron chi connectivity index (χ3n) is 2.70. The molecule has 2 atom stereocenters. The molecule has 1 fully saturated rings. The first-order valence-electron chi connectivity index (χ1n) is 4.04. The minimum atomic E-state index is -0.718. The summed E-state index contributed by atoms with van der Waals surface area (Å²) in [6, 6.07) is 0. The average Bonchev–Trinajstić information content (AvgIpc) is 2.33. The zero-order valence-corrected chi connectivity index (χ0v) is 6.84. The fourth-order valence-corrected chi connectivity index (χ4v) is 1.86. The van der Waals surface area contributed by atoms with Gasteiger partial charge in [-0.25, -0.2) is 0 Å². The zero-order valence-electron chi connectivity index (χ0n) is 6.84. The first kappa shape index (κ1) is 8.53. The van der Waals surface area contributed by atoms with Crippen LogP contribution < -0.4 is 5.73 Å². The van der Waals surface area contributed by atoms with Crippen LogP contribution in [0.3, 0.4) is 0 Å². The Morgan fingerprint density at radius 2 is 2.45 bits per heavy atom. The summed E-state index contributed by atoms with van der Waals surface area (Å²) in [4.78, 5) is 10.8. The van der Waals surface area contributed by atoms with E-state index >= 15 is 0 Å². The lowest BCUT2D eigenvalue weighted by Gasteiger charge is -2.21. The maximum absolute atomic E-state index is 10.8. The van der Waals surface area contributed by atoms with Gasteiger partial charge < -0.3 is 10.8 Å². The van der Waals surface area contributed by atoms with Gasteiger partial charge in [-0.05, 0) is 25.2 Å². The van der Waals surface area contributed by atoms with Crippen molar-refractivity contribution in [3.05, 3.63) is 0 Å². The van der Waals surface area contributed by atoms with Crippen LogP contribution in [0.5, 0.6) is 0 Å². The van der Waals surface area contributed by atoms with Crippen LogP contribution in [0.25, 0.3) is 0 Å². The molecular formula is C8H15NO2. The van der Waals surface area contributed by atoms with Crippen LogP contribution in [0.2, 0.25) is 0 Å². The molecule has 0 aromatic heterocycles. The van der Waals surface area contributed by atoms with E-state index in [0.29, 0.717) is 5.92 Å². The Balaban J connectivity index is 2.70. The number of carboxylic acid groups (broad SMARTS) is 1. The average molecular weight is 157 g/mol. The van der Waals surface area contributed by atoms with Crippen molar-refractivity contribution in [2.24, 2.45) is 17.1 Å². The van der Waals surface area contributed by atoms with Crippen molar-refractivity contribution in [1.82, 2.24) is 0 Å². The van der Waals surface area contributed by atoms with Gasteiger partial charge in [0, 0.05) is 6.54 Å². The van der Waals surface area contributed by atoms with Gasteiger partial charge in [0.15, 0.2) is 0 Å². The van der Waals surface area contributed by atoms with Crippen LogP contribution in [0, 0.1) is 11.3 Å². The predicted octanol–water partition coefficient (Wildman–Crippen LogP) is 0.836. The standard InChI is InChI=1S/C8H15NO2/c1-6-2-3-8(4-6,5-9)7(10)11/h6H,2-5,9H2,1H3,(H,10,11). The molecule has 0 bridgehead atoms. The Bertz CT molecular complexity index is 169. The van der Waals surface area contributed by atoms with E-state index in [0.717, 1.165) is 19.3 Å². The van der Waals surface area contributed by atoms with Crippen molar-refractivity contribution in [1.29, 1.82) is 0 Å². The fraction of sp³-hybridized carbons (Fsp3) is 0.875. The van der Waals surface area contributed by atoms with E-state index < -0.39 is 11.4 Å². The summed E-state index contributed by atoms with van der Waals surface area (Å²) < 4.78 is 0. The number of rotatable bonds is 2. The summed E-state index contributed by atoms with van der Waals surface area (Å²) in [6.07, 6.45) is 2.50. The Morgan fingerprint density at radius 1 is 1.82 bits per heavy atom. The number of nitrogens with two attached hydrogens (primary N) is 1. The van der Waals surface area contributed by atoms with Crippen molar-refractivity contribution < 1.29 is 9.90 Å². The quantitative estimate of drug-likeness (QED) is 0.624. The molecule has 0 spiro atoms. The van der Waals surface area contributed by atoms with Crippen molar-refractivity contribution in [2.45, 2.75) is 26.2 Å². The Morgan fingerprint density at radius 3 is 2.64 bits per heavy atom. The van der Waals surface area contributed by atoms with Gasteiger partial charge in [0.1, 0.15) is 0 Å². The van der Waals surface area contributed by atoms with Crippen LogP contribution in [0.4, 0.5) is 0 Å². The van der Waals surface area contributed by atoms with Crippen LogP contribution >= 0.6 is 0 Å². The molecule has 0 aromatic carbocycles. The highest BCUT2D eigenvalue weighted by Crippen LogP contribution is 2.40. The van der Waals surface area contributed by atoms with Crippen molar-refractivity contribution in [2.75, 3.05) is 6.54 Å². The Hall–Kier alpha value is -0.570. The van der Waals surface area contributed by atoms with Crippen LogP contribution in [-0.2, 0) is 4.79 Å². The van der Waals surface area contributed by atoms with E-state index in [-0.39, 0.29) is 6.54 Å². The van der Waals surface area contributed by atoms with Crippen molar-refractivity contribution in [3.63, 3.8) is 0 Å². The van der Waals surface area contributed by atoms with Crippen molar-refractivity contribution in [3.8, 4) is 0 Å². The number of hydrogen-bond acceptors (Lipinski definition) is 2. The molecule has 1 rings (SSSR count). The third-order valence-corrected chi connectivity index (χ3v) is 2.70. The summed E-state index contributed by atoms with van der Waals surface area (Å²) >= 11 is 0. The lowest BCUT2D eigenvalue weighted by molar-refractivity contribution is -0.148. The molecule has 2 unspecified atom stereocenters. The second-order valence-electron chi connectivity index (χ2n) is 3.64. The SMILES string of the molecule is CC1CCC(CN)(C(=O)O)C1. The number of hydrogen-bond donors (Lipinski definition) is 2. The van der Waals surface area contributed by atoms with Gasteiger partial charge in [0.05, 0.1) is 5.41 Å². The van der Waals surface area contributed by atoms with Gasteiger partial charge in [-0.2, -0.15) is 0 Å². The number of carbonyl (C=O) groups is 1. The van der Waals surface area contributed by atoms with Crippen LogP contribution in [-0.4, -0.2) is 17.6 Å². The smallest absolute Gasteiger partial charge is 0.310 e. The van der Waals surface area contributed by atoms with Crippen LogP contribution in [0.1, 0.15) is 26.2 Å². The molecule has 1 saturated carbocycles. The van der Waals surface area contributed by atoms with E-state index in [2.05, 4.69) is 6.92 Å². The number of aliphatic carboxylic acids is 1. The van der Waals surface area contributed by atoms with Gasteiger partial charge in [-0.15, -0.1) is 0 Å². The minimum Gasteiger partial charge on any atom is -0.481 e. The Kier molecular flexibility index (Phi) is 2.18. The van der Waals surface area contributed by atoms with E-state index in [1.807, 2.05) is 0 Å². The van der Waals surface area contributed by atoms with Crippen LogP contribution in [0.15, 0.2) is 0 Å². The molecule has 0 aromatic rings. The molecular weight excluding hydrogens is 142 g/mol. The lowest BCUT2D eigenvalue weighted by Crippen LogP contribution is -2.36. The van der Waals surface area contributed by atoms with Gasteiger partial charge in [0.25, 0.3) is 0 Å². The molecule has 3 nitrogen and oxygen atoms in total. The highest BCUT2D eigenvalue weighted by Gasteiger charge is 2.42. The second-order valence-corrected chi connectivity index (χ2v) is 3.64. The third kappa shape index (κ3) is 1.38. The predicted molar refractivity (Wildman–Crippen MR) is 42.1 cm³/mol. The summed E-state index contributed by atoms with van der Waals surface area (Å²) in [7, 11) is 0. The summed E-state index contributed by atoms with van der Waals surface area (Å²) in [5.41, 5.74) is 4.85. The summed E-state index contributed by atoms with van der Waals surface area (Å²) in [5, 5.41) is 8.90. The van der Waals surface area contributed by atoms with E-state index in [9.17, 15) is 4.79 Å². The zero-order chi connectivity index (χ0) is 8.48. The van der Waals surface area contributed by atoms with Gasteiger partial charge in [-0.3, -0.25) is 4.79 Å². The molecule has 0 amide bonds. The van der Waals surface area contributed by atoms with Crippen molar-refractivity contribution >= 4 is 5.97 Å². The van der Waals surface area contributed by atoms with E-state index in [1.54, 1.807) is 0 Å². The van der Waals surface area contributed by atoms with Gasteiger partial charge in [0.2, 0.25) is 0 Å². The van der Waals surface area contributed by atoms with Gasteiger partial charge >= 0.3 is 5.97 Å². The Labute approximate surface area is 66.6 Å². The second kappa shape index (κ2) is 2.81. The maximum Gasteiger partial charge on any atom is 0.310 e. The molecule has 3 N–H and O–H groups in total. The molecule has 64 valence electrons. The highest BCUT2D eigenvalue weighted by atomic mass is 16.4. The first-order valence-corrected chi connectivity index (χ1v) is 4.04. The first-order chi connectivity index (χ1) is 5.10. The normalized spacial score (nSPS) is 37.5. The van der Waals surface area contributed by atoms with Gasteiger partial charge in [-0.1, -0.05) is 6.92 Å². The number of carboxylic acids is 1. The molecule has 0 heterocycles. The molecule has 3 heteroatoms. The molecule has 11 heavy (non-hydrogen) atoms. The van der Waals surface area contributed by atoms with E-state index in [4.69, 9.17) is 10.8 Å². The molecule has 0 saturated heterocycles. The minimum absolute atomic E-state index is 0.284. The summed E-state index contributed by atoms with van der Waals surface area (Å²) in [5.74, 6) is -0.195. The topological polar surface area (TPSA) is 63.3 Å². The molecule has 1 aliphatic rings. The fourth-order valence-electron chi connectivity index (χ4n) is 1.86. The lowest BCUT2D eigenvalue weighted by atomic mass is 9.86. The monoisotopic (exact) mass is 157 g/mol. The summed E-state index contributed by atoms with van der Waals surface area (Å²) in [6.45, 7) is 2.37. The molecule has 1 aliphatic carbocycles.